The molecule has 0 bridgehead atoms. The summed E-state index contributed by atoms with van der Waals surface area (Å²) in [4.78, 5) is 23.2. The average Bonchev–Trinajstić information content (AvgIpc) is 2.89. The van der Waals surface area contributed by atoms with E-state index in [0.717, 1.165) is 19.4 Å². The van der Waals surface area contributed by atoms with E-state index < -0.39 is 0 Å². The molecule has 6 heteroatoms. The SMILES string of the molecule is CCn1nc(C(=O)NCC2CCCO2)ccc1=O. The molecule has 0 aromatic carbocycles. The van der Waals surface area contributed by atoms with Gasteiger partial charge < -0.3 is 10.1 Å². The normalized spacial score (nSPS) is 18.8. The smallest absolute Gasteiger partial charge is 0.271 e. The highest BCUT2D eigenvalue weighted by Crippen LogP contribution is 2.10. The van der Waals surface area contributed by atoms with Crippen LogP contribution < -0.4 is 10.9 Å². The summed E-state index contributed by atoms with van der Waals surface area (Å²) in [5.74, 6) is -0.271. The van der Waals surface area contributed by atoms with Gasteiger partial charge in [0.05, 0.1) is 6.10 Å². The van der Waals surface area contributed by atoms with E-state index in [1.165, 1.54) is 16.8 Å². The van der Waals surface area contributed by atoms with E-state index in [-0.39, 0.29) is 23.3 Å². The molecule has 0 spiro atoms. The maximum absolute atomic E-state index is 11.8. The molecule has 0 aliphatic carbocycles. The van der Waals surface area contributed by atoms with Gasteiger partial charge in [0.15, 0.2) is 0 Å². The summed E-state index contributed by atoms with van der Waals surface area (Å²) < 4.78 is 6.68. The fraction of sp³-hybridized carbons (Fsp3) is 0.583. The number of nitrogens with zero attached hydrogens (tertiary/aromatic N) is 2. The maximum Gasteiger partial charge on any atom is 0.271 e. The molecule has 1 aliphatic rings. The Labute approximate surface area is 105 Å². The topological polar surface area (TPSA) is 73.2 Å². The van der Waals surface area contributed by atoms with Gasteiger partial charge in [0.2, 0.25) is 0 Å². The van der Waals surface area contributed by atoms with Crippen LogP contribution >= 0.6 is 0 Å². The number of nitrogens with one attached hydrogen (secondary N) is 1. The van der Waals surface area contributed by atoms with Crippen LogP contribution in [0, 0.1) is 0 Å². The first kappa shape index (κ1) is 12.8. The summed E-state index contributed by atoms with van der Waals surface area (Å²) in [5.41, 5.74) is 0.0580. The molecule has 0 saturated carbocycles. The first-order valence-corrected chi connectivity index (χ1v) is 6.18. The molecule has 1 saturated heterocycles. The first-order valence-electron chi connectivity index (χ1n) is 6.18. The Morgan fingerprint density at radius 1 is 1.61 bits per heavy atom. The third-order valence-electron chi connectivity index (χ3n) is 2.91. The van der Waals surface area contributed by atoms with Crippen molar-refractivity contribution >= 4 is 5.91 Å². The van der Waals surface area contributed by atoms with Crippen LogP contribution in [0.3, 0.4) is 0 Å². The van der Waals surface area contributed by atoms with Crippen molar-refractivity contribution in [2.75, 3.05) is 13.2 Å². The summed E-state index contributed by atoms with van der Waals surface area (Å²) in [6, 6.07) is 2.80. The summed E-state index contributed by atoms with van der Waals surface area (Å²) in [5, 5.41) is 6.76. The Balaban J connectivity index is 1.97. The molecular formula is C12H17N3O3. The van der Waals surface area contributed by atoms with Gasteiger partial charge in [0.1, 0.15) is 5.69 Å². The van der Waals surface area contributed by atoms with E-state index in [1.807, 2.05) is 6.92 Å². The van der Waals surface area contributed by atoms with Crippen molar-refractivity contribution in [1.29, 1.82) is 0 Å². The predicted octanol–water partition coefficient (Wildman–Crippen LogP) is 0.172. The molecule has 1 aliphatic heterocycles. The lowest BCUT2D eigenvalue weighted by Gasteiger charge is -2.10. The number of ether oxygens (including phenoxy) is 1. The molecule has 1 N–H and O–H groups in total. The second-order valence-electron chi connectivity index (χ2n) is 4.22. The monoisotopic (exact) mass is 251 g/mol. The van der Waals surface area contributed by atoms with Crippen LogP contribution in [0.25, 0.3) is 0 Å². The van der Waals surface area contributed by atoms with Gasteiger partial charge in [-0.1, -0.05) is 0 Å². The van der Waals surface area contributed by atoms with E-state index in [9.17, 15) is 9.59 Å². The van der Waals surface area contributed by atoms with Crippen molar-refractivity contribution in [3.8, 4) is 0 Å². The lowest BCUT2D eigenvalue weighted by atomic mass is 10.2. The maximum atomic E-state index is 11.8. The first-order chi connectivity index (χ1) is 8.70. The van der Waals surface area contributed by atoms with Gasteiger partial charge in [-0.2, -0.15) is 5.10 Å². The van der Waals surface area contributed by atoms with Gasteiger partial charge in [-0.15, -0.1) is 0 Å². The molecule has 1 amide bonds. The van der Waals surface area contributed by atoms with Crippen LogP contribution in [0.4, 0.5) is 0 Å². The van der Waals surface area contributed by atoms with Gasteiger partial charge in [-0.25, -0.2) is 4.68 Å². The minimum absolute atomic E-state index is 0.103. The molecule has 6 nitrogen and oxygen atoms in total. The Bertz CT molecular complexity index is 478. The fourth-order valence-electron chi connectivity index (χ4n) is 1.90. The molecule has 1 fully saturated rings. The molecule has 1 aromatic rings. The van der Waals surface area contributed by atoms with Crippen molar-refractivity contribution < 1.29 is 9.53 Å². The van der Waals surface area contributed by atoms with Gasteiger partial charge in [0, 0.05) is 25.8 Å². The Morgan fingerprint density at radius 2 is 2.44 bits per heavy atom. The number of carbonyl (C=O) groups excluding carboxylic acids is 1. The van der Waals surface area contributed by atoms with E-state index in [2.05, 4.69) is 10.4 Å². The zero-order chi connectivity index (χ0) is 13.0. The number of hydrogen-bond acceptors (Lipinski definition) is 4. The van der Waals surface area contributed by atoms with Gasteiger partial charge in [-0.3, -0.25) is 9.59 Å². The van der Waals surface area contributed by atoms with Gasteiger partial charge >= 0.3 is 0 Å². The van der Waals surface area contributed by atoms with Crippen LogP contribution in [0.15, 0.2) is 16.9 Å². The van der Waals surface area contributed by atoms with Crippen LogP contribution in [0.2, 0.25) is 0 Å². The van der Waals surface area contributed by atoms with Crippen molar-refractivity contribution in [2.45, 2.75) is 32.4 Å². The zero-order valence-electron chi connectivity index (χ0n) is 10.4. The van der Waals surface area contributed by atoms with Crippen LogP contribution in [-0.2, 0) is 11.3 Å². The molecule has 1 unspecified atom stereocenters. The molecule has 0 radical (unpaired) electrons. The quantitative estimate of drug-likeness (QED) is 0.828. The minimum Gasteiger partial charge on any atom is -0.376 e. The molecule has 1 aromatic heterocycles. The number of rotatable bonds is 4. The standard InChI is InChI=1S/C12H17N3O3/c1-2-15-11(16)6-5-10(14-15)12(17)13-8-9-4-3-7-18-9/h5-6,9H,2-4,7-8H2,1H3,(H,13,17). The van der Waals surface area contributed by atoms with Crippen molar-refractivity contribution in [3.05, 3.63) is 28.2 Å². The van der Waals surface area contributed by atoms with Crippen LogP contribution in [-0.4, -0.2) is 34.9 Å². The second kappa shape index (κ2) is 5.77. The third-order valence-corrected chi connectivity index (χ3v) is 2.91. The third kappa shape index (κ3) is 2.95. The number of hydrogen-bond donors (Lipinski definition) is 1. The average molecular weight is 251 g/mol. The molecule has 98 valence electrons. The molecule has 1 atom stereocenters. The Morgan fingerprint density at radius 3 is 3.11 bits per heavy atom. The van der Waals surface area contributed by atoms with Crippen molar-refractivity contribution in [1.82, 2.24) is 15.1 Å². The second-order valence-corrected chi connectivity index (χ2v) is 4.22. The van der Waals surface area contributed by atoms with Crippen molar-refractivity contribution in [2.24, 2.45) is 0 Å². The highest BCUT2D eigenvalue weighted by Gasteiger charge is 2.17. The molecule has 2 heterocycles. The fourth-order valence-corrected chi connectivity index (χ4v) is 1.90. The van der Waals surface area contributed by atoms with E-state index in [4.69, 9.17) is 4.74 Å². The number of carbonyl (C=O) groups is 1. The summed E-state index contributed by atoms with van der Waals surface area (Å²) >= 11 is 0. The Kier molecular flexibility index (Phi) is 4.09. The molecular weight excluding hydrogens is 234 g/mol. The lowest BCUT2D eigenvalue weighted by Crippen LogP contribution is -2.34. The van der Waals surface area contributed by atoms with Gasteiger partial charge in [-0.05, 0) is 25.8 Å². The van der Waals surface area contributed by atoms with Crippen molar-refractivity contribution in [3.63, 3.8) is 0 Å². The minimum atomic E-state index is -0.271. The Hall–Kier alpha value is -1.69. The van der Waals surface area contributed by atoms with Crippen LogP contribution in [0.1, 0.15) is 30.3 Å². The highest BCUT2D eigenvalue weighted by atomic mass is 16.5. The predicted molar refractivity (Wildman–Crippen MR) is 65.5 cm³/mol. The van der Waals surface area contributed by atoms with E-state index in [1.54, 1.807) is 0 Å². The number of amides is 1. The van der Waals surface area contributed by atoms with Gasteiger partial charge in [0.25, 0.3) is 11.5 Å². The zero-order valence-corrected chi connectivity index (χ0v) is 10.4. The molecule has 18 heavy (non-hydrogen) atoms. The number of aromatic nitrogens is 2. The summed E-state index contributed by atoms with van der Waals surface area (Å²) in [6.07, 6.45) is 2.12. The summed E-state index contributed by atoms with van der Waals surface area (Å²) in [6.45, 7) is 3.51. The lowest BCUT2D eigenvalue weighted by molar-refractivity contribution is 0.0851. The highest BCUT2D eigenvalue weighted by molar-refractivity contribution is 5.91. The van der Waals surface area contributed by atoms with Crippen LogP contribution in [0.5, 0.6) is 0 Å². The van der Waals surface area contributed by atoms with E-state index >= 15 is 0 Å². The molecule has 2 rings (SSSR count). The van der Waals surface area contributed by atoms with E-state index in [0.29, 0.717) is 13.1 Å². The largest absolute Gasteiger partial charge is 0.376 e. The summed E-state index contributed by atoms with van der Waals surface area (Å²) in [7, 11) is 0. The number of aryl methyl sites for hydroxylation is 1.